The van der Waals surface area contributed by atoms with Crippen LogP contribution in [0.1, 0.15) is 42.1 Å². The highest BCUT2D eigenvalue weighted by Crippen LogP contribution is 2.15. The average Bonchev–Trinajstić information content (AvgIpc) is 2.37. The molecule has 0 fully saturated rings. The lowest BCUT2D eigenvalue weighted by molar-refractivity contribution is 0.0940. The van der Waals surface area contributed by atoms with Gasteiger partial charge in [0, 0.05) is 25.4 Å². The summed E-state index contributed by atoms with van der Waals surface area (Å²) in [4.78, 5) is 12.0. The van der Waals surface area contributed by atoms with Gasteiger partial charge in [0.1, 0.15) is 0 Å². The number of ether oxygens (including phenoxy) is 1. The Morgan fingerprint density at radius 3 is 2.74 bits per heavy atom. The summed E-state index contributed by atoms with van der Waals surface area (Å²) in [7, 11) is 0. The van der Waals surface area contributed by atoms with Gasteiger partial charge in [-0.15, -0.1) is 0 Å². The van der Waals surface area contributed by atoms with E-state index in [-0.39, 0.29) is 5.91 Å². The lowest BCUT2D eigenvalue weighted by atomic mass is 10.1. The zero-order valence-corrected chi connectivity index (χ0v) is 11.9. The Morgan fingerprint density at radius 2 is 2.05 bits per heavy atom. The molecule has 0 saturated carbocycles. The Bertz CT molecular complexity index is 385. The molecule has 0 heterocycles. The van der Waals surface area contributed by atoms with Crippen LogP contribution in [0.5, 0.6) is 0 Å². The monoisotopic (exact) mass is 264 g/mol. The summed E-state index contributed by atoms with van der Waals surface area (Å²) in [5, 5.41) is 2.87. The van der Waals surface area contributed by atoms with E-state index in [1.807, 2.05) is 19.1 Å². The van der Waals surface area contributed by atoms with Gasteiger partial charge >= 0.3 is 0 Å². The standard InChI is InChI=1S/C15H24N2O2/c1-3-4-10-19-11-6-9-17-15(18)14-12(2)7-5-8-13(14)16/h5,7-8H,3-4,6,9-11,16H2,1-2H3,(H,17,18). The first-order chi connectivity index (χ1) is 9.16. The number of anilines is 1. The number of benzene rings is 1. The minimum absolute atomic E-state index is 0.107. The van der Waals surface area contributed by atoms with Crippen molar-refractivity contribution in [3.63, 3.8) is 0 Å². The number of nitrogens with two attached hydrogens (primary N) is 1. The molecule has 4 nitrogen and oxygen atoms in total. The molecule has 1 aromatic rings. The maximum atomic E-state index is 12.0. The van der Waals surface area contributed by atoms with Crippen molar-refractivity contribution in [2.24, 2.45) is 0 Å². The minimum atomic E-state index is -0.107. The van der Waals surface area contributed by atoms with Gasteiger partial charge in [-0.1, -0.05) is 25.5 Å². The highest BCUT2D eigenvalue weighted by molar-refractivity contribution is 6.00. The minimum Gasteiger partial charge on any atom is -0.398 e. The van der Waals surface area contributed by atoms with Crippen molar-refractivity contribution in [3.8, 4) is 0 Å². The number of carbonyl (C=O) groups excluding carboxylic acids is 1. The molecule has 0 radical (unpaired) electrons. The molecule has 0 aliphatic heterocycles. The molecule has 4 heteroatoms. The predicted octanol–water partition coefficient (Wildman–Crippen LogP) is 2.51. The molecule has 0 bridgehead atoms. The number of nitrogen functional groups attached to an aromatic ring is 1. The van der Waals surface area contributed by atoms with Crippen molar-refractivity contribution in [2.45, 2.75) is 33.1 Å². The van der Waals surface area contributed by atoms with E-state index in [9.17, 15) is 4.79 Å². The highest BCUT2D eigenvalue weighted by Gasteiger charge is 2.11. The maximum absolute atomic E-state index is 12.0. The lowest BCUT2D eigenvalue weighted by Crippen LogP contribution is -2.26. The van der Waals surface area contributed by atoms with Crippen molar-refractivity contribution in [1.82, 2.24) is 5.32 Å². The Hall–Kier alpha value is -1.55. The molecule has 106 valence electrons. The summed E-state index contributed by atoms with van der Waals surface area (Å²) in [5.74, 6) is -0.107. The number of hydrogen-bond acceptors (Lipinski definition) is 3. The fourth-order valence-electron chi connectivity index (χ4n) is 1.81. The van der Waals surface area contributed by atoms with Crippen molar-refractivity contribution in [3.05, 3.63) is 29.3 Å². The van der Waals surface area contributed by atoms with Crippen molar-refractivity contribution in [1.29, 1.82) is 0 Å². The highest BCUT2D eigenvalue weighted by atomic mass is 16.5. The zero-order chi connectivity index (χ0) is 14.1. The van der Waals surface area contributed by atoms with Crippen molar-refractivity contribution >= 4 is 11.6 Å². The number of hydrogen-bond donors (Lipinski definition) is 2. The number of aryl methyl sites for hydroxylation is 1. The van der Waals surface area contributed by atoms with Crippen LogP contribution in [-0.2, 0) is 4.74 Å². The zero-order valence-electron chi connectivity index (χ0n) is 11.9. The van der Waals surface area contributed by atoms with Crippen molar-refractivity contribution in [2.75, 3.05) is 25.5 Å². The van der Waals surface area contributed by atoms with Crippen LogP contribution >= 0.6 is 0 Å². The van der Waals surface area contributed by atoms with Gasteiger partial charge < -0.3 is 15.8 Å². The summed E-state index contributed by atoms with van der Waals surface area (Å²) < 4.78 is 5.43. The molecule has 0 aromatic heterocycles. The first kappa shape index (κ1) is 15.5. The Kier molecular flexibility index (Phi) is 6.97. The number of amides is 1. The molecule has 0 aliphatic rings. The SMILES string of the molecule is CCCCOCCCNC(=O)c1c(C)cccc1N. The van der Waals surface area contributed by atoms with Gasteiger partial charge in [-0.3, -0.25) is 4.79 Å². The molecule has 0 aliphatic carbocycles. The molecule has 1 rings (SSSR count). The number of nitrogens with one attached hydrogen (secondary N) is 1. The summed E-state index contributed by atoms with van der Waals surface area (Å²) in [6.45, 7) is 6.12. The van der Waals surface area contributed by atoms with Crippen LogP contribution in [0.25, 0.3) is 0 Å². The van der Waals surface area contributed by atoms with E-state index in [1.54, 1.807) is 6.07 Å². The summed E-state index contributed by atoms with van der Waals surface area (Å²) >= 11 is 0. The Morgan fingerprint density at radius 1 is 1.32 bits per heavy atom. The first-order valence-electron chi connectivity index (χ1n) is 6.87. The molecule has 0 saturated heterocycles. The number of unbranched alkanes of at least 4 members (excludes halogenated alkanes) is 1. The Balaban J connectivity index is 2.28. The lowest BCUT2D eigenvalue weighted by Gasteiger charge is -2.10. The molecule has 3 N–H and O–H groups in total. The topological polar surface area (TPSA) is 64.3 Å². The second-order valence-electron chi connectivity index (χ2n) is 4.61. The second-order valence-corrected chi connectivity index (χ2v) is 4.61. The van der Waals surface area contributed by atoms with E-state index in [2.05, 4.69) is 12.2 Å². The van der Waals surface area contributed by atoms with Gasteiger partial charge in [0.25, 0.3) is 5.91 Å². The van der Waals surface area contributed by atoms with Crippen molar-refractivity contribution < 1.29 is 9.53 Å². The van der Waals surface area contributed by atoms with Crippen LogP contribution in [0.3, 0.4) is 0 Å². The number of rotatable bonds is 8. The fraction of sp³-hybridized carbons (Fsp3) is 0.533. The van der Waals surface area contributed by atoms with Crippen LogP contribution in [0.4, 0.5) is 5.69 Å². The van der Waals surface area contributed by atoms with Crippen LogP contribution in [0.15, 0.2) is 18.2 Å². The molecular weight excluding hydrogens is 240 g/mol. The predicted molar refractivity (Wildman–Crippen MR) is 78.3 cm³/mol. The van der Waals surface area contributed by atoms with Crippen LogP contribution in [-0.4, -0.2) is 25.7 Å². The van der Waals surface area contributed by atoms with Crippen LogP contribution in [0.2, 0.25) is 0 Å². The van der Waals surface area contributed by atoms with Gasteiger partial charge in [-0.2, -0.15) is 0 Å². The molecule has 19 heavy (non-hydrogen) atoms. The molecule has 0 atom stereocenters. The largest absolute Gasteiger partial charge is 0.398 e. The smallest absolute Gasteiger partial charge is 0.253 e. The van der Waals surface area contributed by atoms with Crippen LogP contribution in [0, 0.1) is 6.92 Å². The quantitative estimate of drug-likeness (QED) is 0.560. The van der Waals surface area contributed by atoms with E-state index in [0.29, 0.717) is 24.4 Å². The number of carbonyl (C=O) groups is 1. The van der Waals surface area contributed by atoms with E-state index in [4.69, 9.17) is 10.5 Å². The van der Waals surface area contributed by atoms with Gasteiger partial charge in [0.15, 0.2) is 0 Å². The third-order valence-corrected chi connectivity index (χ3v) is 2.93. The summed E-state index contributed by atoms with van der Waals surface area (Å²) in [6.07, 6.45) is 3.05. The average molecular weight is 264 g/mol. The normalized spacial score (nSPS) is 10.4. The van der Waals surface area contributed by atoms with Gasteiger partial charge in [-0.25, -0.2) is 0 Å². The van der Waals surface area contributed by atoms with E-state index >= 15 is 0 Å². The van der Waals surface area contributed by atoms with E-state index in [1.165, 1.54) is 0 Å². The van der Waals surface area contributed by atoms with Gasteiger partial charge in [-0.05, 0) is 31.4 Å². The van der Waals surface area contributed by atoms with E-state index in [0.717, 1.165) is 31.4 Å². The fourth-order valence-corrected chi connectivity index (χ4v) is 1.81. The van der Waals surface area contributed by atoms with Gasteiger partial charge in [0.2, 0.25) is 0 Å². The summed E-state index contributed by atoms with van der Waals surface area (Å²) in [6, 6.07) is 5.48. The summed E-state index contributed by atoms with van der Waals surface area (Å²) in [5.41, 5.74) is 7.82. The second kappa shape index (κ2) is 8.53. The molecule has 1 amide bonds. The molecule has 0 spiro atoms. The Labute approximate surface area is 115 Å². The third kappa shape index (κ3) is 5.30. The molecular formula is C15H24N2O2. The van der Waals surface area contributed by atoms with E-state index < -0.39 is 0 Å². The maximum Gasteiger partial charge on any atom is 0.253 e. The van der Waals surface area contributed by atoms with Crippen LogP contribution < -0.4 is 11.1 Å². The third-order valence-electron chi connectivity index (χ3n) is 2.93. The molecule has 1 aromatic carbocycles. The molecule has 0 unspecified atom stereocenters. The first-order valence-corrected chi connectivity index (χ1v) is 6.87. The van der Waals surface area contributed by atoms with Gasteiger partial charge in [0.05, 0.1) is 5.56 Å².